The molecule has 0 aromatic carbocycles. The molecule has 3 atom stereocenters. The number of nitrogens with zero attached hydrogens (tertiary/aromatic N) is 4. The van der Waals surface area contributed by atoms with Crippen molar-refractivity contribution in [1.82, 2.24) is 24.6 Å². The Hall–Kier alpha value is -2.89. The summed E-state index contributed by atoms with van der Waals surface area (Å²) in [6, 6.07) is 4.07. The van der Waals surface area contributed by atoms with Crippen LogP contribution in [0.25, 0.3) is 16.6 Å². The number of hydrogen-bond acceptors (Lipinski definition) is 3. The number of amides is 1. The van der Waals surface area contributed by atoms with Gasteiger partial charge in [-0.15, -0.1) is 0 Å². The van der Waals surface area contributed by atoms with Gasteiger partial charge in [0.05, 0.1) is 11.3 Å². The average molecular weight is 402 g/mol. The van der Waals surface area contributed by atoms with Crippen LogP contribution < -0.4 is 0 Å². The first-order valence-corrected chi connectivity index (χ1v) is 11.1. The standard InChI is InChI=1S/C24H27N5O/c1-28-14-21(22(27-28)19-12-15-4-5-17(19)11-15)24(30)29-9-6-16(7-10-29)20-13-26-23-18(20)3-2-8-25-23/h2-3,6,8,13-15,17,19H,4-5,7,9-12H2,1H3,(H,25,26). The van der Waals surface area contributed by atoms with Gasteiger partial charge in [-0.1, -0.05) is 12.5 Å². The van der Waals surface area contributed by atoms with Crippen LogP contribution in [0.1, 0.15) is 59.6 Å². The van der Waals surface area contributed by atoms with Crippen LogP contribution >= 0.6 is 0 Å². The molecule has 0 radical (unpaired) electrons. The minimum absolute atomic E-state index is 0.136. The van der Waals surface area contributed by atoms with Crippen molar-refractivity contribution in [3.63, 3.8) is 0 Å². The summed E-state index contributed by atoms with van der Waals surface area (Å²) in [4.78, 5) is 23.1. The Bertz CT molecular complexity index is 1160. The van der Waals surface area contributed by atoms with Gasteiger partial charge in [0.2, 0.25) is 0 Å². The molecule has 154 valence electrons. The predicted octanol–water partition coefficient (Wildman–Crippen LogP) is 4.13. The lowest BCUT2D eigenvalue weighted by molar-refractivity contribution is 0.0770. The van der Waals surface area contributed by atoms with Crippen LogP contribution in [0.15, 0.2) is 36.8 Å². The Morgan fingerprint density at radius 1 is 1.27 bits per heavy atom. The Labute approximate surface area is 176 Å². The molecule has 1 amide bonds. The second-order valence-electron chi connectivity index (χ2n) is 9.22. The lowest BCUT2D eigenvalue weighted by Gasteiger charge is -2.27. The van der Waals surface area contributed by atoms with Crippen molar-refractivity contribution in [3.8, 4) is 0 Å². The Morgan fingerprint density at radius 2 is 2.20 bits per heavy atom. The maximum Gasteiger partial charge on any atom is 0.257 e. The van der Waals surface area contributed by atoms with Crippen molar-refractivity contribution in [2.45, 2.75) is 38.0 Å². The summed E-state index contributed by atoms with van der Waals surface area (Å²) in [5, 5.41) is 5.91. The fraction of sp³-hybridized carbons (Fsp3) is 0.458. The number of rotatable bonds is 3. The third kappa shape index (κ3) is 2.81. The average Bonchev–Trinajstić information content (AvgIpc) is 3.56. The summed E-state index contributed by atoms with van der Waals surface area (Å²) in [5.41, 5.74) is 5.28. The summed E-state index contributed by atoms with van der Waals surface area (Å²) >= 11 is 0. The number of fused-ring (bicyclic) bond motifs is 3. The zero-order valence-electron chi connectivity index (χ0n) is 17.3. The van der Waals surface area contributed by atoms with Gasteiger partial charge in [0, 0.05) is 55.6 Å². The van der Waals surface area contributed by atoms with Gasteiger partial charge in [0.15, 0.2) is 0 Å². The molecule has 3 unspecified atom stereocenters. The normalized spacial score (nSPS) is 25.8. The van der Waals surface area contributed by atoms with Gasteiger partial charge in [-0.2, -0.15) is 5.10 Å². The Kier molecular flexibility index (Phi) is 4.08. The van der Waals surface area contributed by atoms with Crippen LogP contribution in [0.3, 0.4) is 0 Å². The first-order valence-electron chi connectivity index (χ1n) is 11.1. The molecule has 6 rings (SSSR count). The van der Waals surface area contributed by atoms with Crippen molar-refractivity contribution in [2.75, 3.05) is 13.1 Å². The van der Waals surface area contributed by atoms with Crippen LogP contribution in [0.2, 0.25) is 0 Å². The number of H-pyrrole nitrogens is 1. The number of carbonyl (C=O) groups excluding carboxylic acids is 1. The van der Waals surface area contributed by atoms with Gasteiger partial charge in [-0.3, -0.25) is 9.48 Å². The van der Waals surface area contributed by atoms with Crippen LogP contribution in [0.4, 0.5) is 0 Å². The smallest absolute Gasteiger partial charge is 0.257 e. The van der Waals surface area contributed by atoms with Gasteiger partial charge < -0.3 is 9.88 Å². The highest BCUT2D eigenvalue weighted by Gasteiger charge is 2.43. The number of nitrogens with one attached hydrogen (secondary N) is 1. The SMILES string of the molecule is Cn1cc(C(=O)N2CC=C(c3c[nH]c4ncccc34)CC2)c(C2CC3CCC2C3)n1. The highest BCUT2D eigenvalue weighted by atomic mass is 16.2. The lowest BCUT2D eigenvalue weighted by Crippen LogP contribution is -2.35. The van der Waals surface area contributed by atoms with E-state index in [4.69, 9.17) is 5.10 Å². The summed E-state index contributed by atoms with van der Waals surface area (Å²) in [5.74, 6) is 2.17. The quantitative estimate of drug-likeness (QED) is 0.718. The number of hydrogen-bond donors (Lipinski definition) is 1. The summed E-state index contributed by atoms with van der Waals surface area (Å²) in [7, 11) is 1.94. The number of pyridine rings is 1. The Balaban J connectivity index is 1.24. The van der Waals surface area contributed by atoms with Crippen LogP contribution in [-0.2, 0) is 7.05 Å². The fourth-order valence-corrected chi connectivity index (χ4v) is 6.01. The molecule has 30 heavy (non-hydrogen) atoms. The molecule has 3 aromatic heterocycles. The number of aromatic amines is 1. The van der Waals surface area contributed by atoms with E-state index in [1.54, 1.807) is 6.20 Å². The van der Waals surface area contributed by atoms with Crippen molar-refractivity contribution in [3.05, 3.63) is 53.6 Å². The molecule has 0 saturated heterocycles. The largest absolute Gasteiger partial charge is 0.346 e. The molecule has 4 heterocycles. The van der Waals surface area contributed by atoms with Crippen molar-refractivity contribution in [2.24, 2.45) is 18.9 Å². The molecule has 1 aliphatic heterocycles. The van der Waals surface area contributed by atoms with Gasteiger partial charge in [0.25, 0.3) is 5.91 Å². The maximum absolute atomic E-state index is 13.4. The van der Waals surface area contributed by atoms with E-state index in [1.807, 2.05) is 35.1 Å². The molecule has 2 fully saturated rings. The first kappa shape index (κ1) is 17.9. The Morgan fingerprint density at radius 3 is 2.97 bits per heavy atom. The van der Waals surface area contributed by atoms with Crippen LogP contribution in [-0.4, -0.2) is 43.6 Å². The summed E-state index contributed by atoms with van der Waals surface area (Å²) < 4.78 is 1.83. The van der Waals surface area contributed by atoms with E-state index in [9.17, 15) is 4.79 Å². The van der Waals surface area contributed by atoms with Crippen LogP contribution in [0, 0.1) is 11.8 Å². The molecule has 3 aromatic rings. The molecular formula is C24H27N5O. The second-order valence-corrected chi connectivity index (χ2v) is 9.22. The first-order chi connectivity index (χ1) is 14.7. The van der Waals surface area contributed by atoms with Crippen molar-refractivity contribution in [1.29, 1.82) is 0 Å². The van der Waals surface area contributed by atoms with Crippen molar-refractivity contribution >= 4 is 22.5 Å². The van der Waals surface area contributed by atoms with Gasteiger partial charge in [-0.25, -0.2) is 4.98 Å². The topological polar surface area (TPSA) is 66.8 Å². The molecule has 2 saturated carbocycles. The molecule has 2 bridgehead atoms. The zero-order chi connectivity index (χ0) is 20.2. The van der Waals surface area contributed by atoms with E-state index in [0.717, 1.165) is 47.1 Å². The van der Waals surface area contributed by atoms with Gasteiger partial charge in [0.1, 0.15) is 5.65 Å². The predicted molar refractivity (Wildman–Crippen MR) is 116 cm³/mol. The van der Waals surface area contributed by atoms with Gasteiger partial charge in [-0.05, 0) is 55.2 Å². The van der Waals surface area contributed by atoms with E-state index >= 15 is 0 Å². The zero-order valence-corrected chi connectivity index (χ0v) is 17.3. The van der Waals surface area contributed by atoms with Gasteiger partial charge >= 0.3 is 0 Å². The maximum atomic E-state index is 13.4. The number of carbonyl (C=O) groups is 1. The summed E-state index contributed by atoms with van der Waals surface area (Å²) in [6.07, 6.45) is 14.0. The molecular weight excluding hydrogens is 374 g/mol. The fourth-order valence-electron chi connectivity index (χ4n) is 6.01. The third-order valence-electron chi connectivity index (χ3n) is 7.47. The minimum atomic E-state index is 0.136. The highest BCUT2D eigenvalue weighted by molar-refractivity contribution is 5.96. The van der Waals surface area contributed by atoms with E-state index in [2.05, 4.69) is 22.1 Å². The molecule has 3 aliphatic rings. The molecule has 1 N–H and O–H groups in total. The monoisotopic (exact) mass is 401 g/mol. The second kappa shape index (κ2) is 6.83. The molecule has 6 heteroatoms. The lowest BCUT2D eigenvalue weighted by atomic mass is 9.85. The molecule has 0 spiro atoms. The van der Waals surface area contributed by atoms with Crippen molar-refractivity contribution < 1.29 is 4.79 Å². The van der Waals surface area contributed by atoms with Crippen LogP contribution in [0.5, 0.6) is 0 Å². The minimum Gasteiger partial charge on any atom is -0.346 e. The summed E-state index contributed by atoms with van der Waals surface area (Å²) in [6.45, 7) is 1.38. The van der Waals surface area contributed by atoms with E-state index < -0.39 is 0 Å². The third-order valence-corrected chi connectivity index (χ3v) is 7.47. The number of aromatic nitrogens is 4. The van der Waals surface area contributed by atoms with E-state index in [0.29, 0.717) is 12.5 Å². The molecule has 6 nitrogen and oxygen atoms in total. The number of aryl methyl sites for hydroxylation is 1. The highest BCUT2D eigenvalue weighted by Crippen LogP contribution is 2.53. The van der Waals surface area contributed by atoms with E-state index in [-0.39, 0.29) is 5.91 Å². The van der Waals surface area contributed by atoms with E-state index in [1.165, 1.54) is 36.8 Å². The molecule has 2 aliphatic carbocycles.